The summed E-state index contributed by atoms with van der Waals surface area (Å²) in [5.74, 6) is 0.270. The van der Waals surface area contributed by atoms with E-state index in [0.29, 0.717) is 12.8 Å². The van der Waals surface area contributed by atoms with Gasteiger partial charge in [0.1, 0.15) is 5.78 Å². The highest BCUT2D eigenvalue weighted by molar-refractivity contribution is 5.90. The minimum atomic E-state index is -0.228. The minimum absolute atomic E-state index is 0.228. The first-order valence-electron chi connectivity index (χ1n) is 7.05. The molecule has 0 saturated carbocycles. The molecule has 0 unspecified atom stereocenters. The number of fused-ring (bicyclic) bond motifs is 1. The van der Waals surface area contributed by atoms with Gasteiger partial charge in [-0.25, -0.2) is 0 Å². The van der Waals surface area contributed by atoms with Gasteiger partial charge in [0.15, 0.2) is 0 Å². The van der Waals surface area contributed by atoms with Crippen molar-refractivity contribution in [3.05, 3.63) is 48.0 Å². The Morgan fingerprint density at radius 3 is 2.55 bits per heavy atom. The number of methoxy groups -OCH3 is 1. The smallest absolute Gasteiger partial charge is 0.137 e. The van der Waals surface area contributed by atoms with E-state index >= 15 is 0 Å². The van der Waals surface area contributed by atoms with Crippen molar-refractivity contribution in [3.8, 4) is 0 Å². The van der Waals surface area contributed by atoms with Gasteiger partial charge in [-0.2, -0.15) is 0 Å². The number of hydrogen-bond donors (Lipinski definition) is 0. The molecule has 20 heavy (non-hydrogen) atoms. The zero-order chi connectivity index (χ0) is 14.6. The molecule has 2 aromatic rings. The van der Waals surface area contributed by atoms with E-state index in [-0.39, 0.29) is 11.4 Å². The number of Topliss-reactive ketones (excluding diaryl/α,β-unsaturated/α-hetero) is 1. The predicted molar refractivity (Wildman–Crippen MR) is 83.0 cm³/mol. The van der Waals surface area contributed by atoms with Crippen molar-refractivity contribution in [2.45, 2.75) is 38.7 Å². The number of ketones is 1. The molecule has 0 atom stereocenters. The molecule has 0 fully saturated rings. The highest BCUT2D eigenvalue weighted by atomic mass is 16.5. The molecular weight excluding hydrogens is 248 g/mol. The van der Waals surface area contributed by atoms with Gasteiger partial charge < -0.3 is 4.74 Å². The summed E-state index contributed by atoms with van der Waals surface area (Å²) in [4.78, 5) is 12.2. The summed E-state index contributed by atoms with van der Waals surface area (Å²) in [6, 6.07) is 14.3. The van der Waals surface area contributed by atoms with Gasteiger partial charge in [0, 0.05) is 20.0 Å². The molecule has 0 heterocycles. The highest BCUT2D eigenvalue weighted by Gasteiger charge is 2.18. The standard InChI is InChI=1S/C18H22O2/c1-18(2,20-3)12-11-16(19)13-15-9-6-8-14-7-4-5-10-17(14)15/h4-10H,11-13H2,1-3H3. The van der Waals surface area contributed by atoms with Gasteiger partial charge in [-0.15, -0.1) is 0 Å². The quantitative estimate of drug-likeness (QED) is 0.788. The van der Waals surface area contributed by atoms with Crippen molar-refractivity contribution < 1.29 is 9.53 Å². The summed E-state index contributed by atoms with van der Waals surface area (Å²) >= 11 is 0. The number of carbonyl (C=O) groups is 1. The highest BCUT2D eigenvalue weighted by Crippen LogP contribution is 2.21. The van der Waals surface area contributed by atoms with Gasteiger partial charge in [0.05, 0.1) is 5.60 Å². The van der Waals surface area contributed by atoms with Crippen LogP contribution in [-0.2, 0) is 16.0 Å². The first-order valence-corrected chi connectivity index (χ1v) is 7.05. The lowest BCUT2D eigenvalue weighted by Gasteiger charge is -2.22. The first-order chi connectivity index (χ1) is 9.52. The van der Waals surface area contributed by atoms with Crippen molar-refractivity contribution in [1.29, 1.82) is 0 Å². The fourth-order valence-corrected chi connectivity index (χ4v) is 2.29. The summed E-state index contributed by atoms with van der Waals surface area (Å²) in [6.07, 6.45) is 1.82. The second-order valence-corrected chi connectivity index (χ2v) is 5.82. The molecule has 0 radical (unpaired) electrons. The zero-order valence-corrected chi connectivity index (χ0v) is 12.5. The molecule has 0 aliphatic carbocycles. The van der Waals surface area contributed by atoms with Crippen LogP contribution < -0.4 is 0 Å². The van der Waals surface area contributed by atoms with E-state index in [0.717, 1.165) is 12.0 Å². The second-order valence-electron chi connectivity index (χ2n) is 5.82. The average Bonchev–Trinajstić information content (AvgIpc) is 2.46. The van der Waals surface area contributed by atoms with Gasteiger partial charge in [-0.05, 0) is 36.6 Å². The van der Waals surface area contributed by atoms with Crippen LogP contribution in [0.4, 0.5) is 0 Å². The van der Waals surface area contributed by atoms with Crippen LogP contribution in [-0.4, -0.2) is 18.5 Å². The monoisotopic (exact) mass is 270 g/mol. The van der Waals surface area contributed by atoms with E-state index < -0.39 is 0 Å². The molecule has 2 heteroatoms. The molecule has 2 aromatic carbocycles. The molecule has 0 saturated heterocycles. The Bertz CT molecular complexity index is 594. The Hall–Kier alpha value is -1.67. The molecule has 0 amide bonds. The Morgan fingerprint density at radius 2 is 1.80 bits per heavy atom. The number of benzene rings is 2. The van der Waals surface area contributed by atoms with E-state index in [9.17, 15) is 4.79 Å². The Kier molecular flexibility index (Phi) is 4.56. The third-order valence-electron chi connectivity index (χ3n) is 3.83. The minimum Gasteiger partial charge on any atom is -0.379 e. The summed E-state index contributed by atoms with van der Waals surface area (Å²) in [7, 11) is 1.69. The summed E-state index contributed by atoms with van der Waals surface area (Å²) in [6.45, 7) is 4.02. The average molecular weight is 270 g/mol. The fourth-order valence-electron chi connectivity index (χ4n) is 2.29. The molecule has 2 nitrogen and oxygen atoms in total. The Labute approximate surface area is 120 Å². The third-order valence-corrected chi connectivity index (χ3v) is 3.83. The Balaban J connectivity index is 2.07. The maximum Gasteiger partial charge on any atom is 0.137 e. The van der Waals surface area contributed by atoms with Crippen molar-refractivity contribution >= 4 is 16.6 Å². The number of ether oxygens (including phenoxy) is 1. The van der Waals surface area contributed by atoms with Crippen LogP contribution in [0.15, 0.2) is 42.5 Å². The summed E-state index contributed by atoms with van der Waals surface area (Å²) < 4.78 is 5.36. The molecule has 0 spiro atoms. The topological polar surface area (TPSA) is 26.3 Å². The van der Waals surface area contributed by atoms with Crippen LogP contribution in [0.2, 0.25) is 0 Å². The molecule has 0 aromatic heterocycles. The van der Waals surface area contributed by atoms with Crippen molar-refractivity contribution in [2.75, 3.05) is 7.11 Å². The molecule has 0 aliphatic rings. The van der Waals surface area contributed by atoms with Crippen molar-refractivity contribution in [3.63, 3.8) is 0 Å². The van der Waals surface area contributed by atoms with Gasteiger partial charge in [-0.3, -0.25) is 4.79 Å². The molecule has 2 rings (SSSR count). The lowest BCUT2D eigenvalue weighted by molar-refractivity contribution is -0.119. The van der Waals surface area contributed by atoms with Crippen molar-refractivity contribution in [2.24, 2.45) is 0 Å². The molecule has 0 N–H and O–H groups in total. The predicted octanol–water partition coefficient (Wildman–Crippen LogP) is 4.16. The maximum absolute atomic E-state index is 12.2. The maximum atomic E-state index is 12.2. The van der Waals surface area contributed by atoms with Crippen molar-refractivity contribution in [1.82, 2.24) is 0 Å². The van der Waals surface area contributed by atoms with Crippen LogP contribution in [0.5, 0.6) is 0 Å². The Morgan fingerprint density at radius 1 is 1.10 bits per heavy atom. The normalized spacial score (nSPS) is 11.8. The summed E-state index contributed by atoms with van der Waals surface area (Å²) in [5.41, 5.74) is 0.886. The van der Waals surface area contributed by atoms with Crippen LogP contribution in [0, 0.1) is 0 Å². The third kappa shape index (κ3) is 3.67. The van der Waals surface area contributed by atoms with E-state index in [1.165, 1.54) is 10.8 Å². The number of rotatable bonds is 6. The zero-order valence-electron chi connectivity index (χ0n) is 12.5. The lowest BCUT2D eigenvalue weighted by atomic mass is 9.95. The van der Waals surface area contributed by atoms with Crippen LogP contribution in [0.25, 0.3) is 10.8 Å². The van der Waals surface area contributed by atoms with Gasteiger partial charge in [-0.1, -0.05) is 42.5 Å². The number of hydrogen-bond acceptors (Lipinski definition) is 2. The first kappa shape index (κ1) is 14.7. The van der Waals surface area contributed by atoms with Gasteiger partial charge in [0.25, 0.3) is 0 Å². The van der Waals surface area contributed by atoms with Crippen LogP contribution in [0.1, 0.15) is 32.3 Å². The van der Waals surface area contributed by atoms with Crippen LogP contribution >= 0.6 is 0 Å². The fraction of sp³-hybridized carbons (Fsp3) is 0.389. The molecule has 0 aliphatic heterocycles. The van der Waals surface area contributed by atoms with E-state index in [1.807, 2.05) is 38.1 Å². The second kappa shape index (κ2) is 6.19. The van der Waals surface area contributed by atoms with Crippen LogP contribution in [0.3, 0.4) is 0 Å². The van der Waals surface area contributed by atoms with Gasteiger partial charge >= 0.3 is 0 Å². The molecule has 106 valence electrons. The van der Waals surface area contributed by atoms with E-state index in [1.54, 1.807) is 7.11 Å². The van der Waals surface area contributed by atoms with E-state index in [2.05, 4.69) is 18.2 Å². The number of carbonyl (C=O) groups excluding carboxylic acids is 1. The largest absolute Gasteiger partial charge is 0.379 e. The summed E-state index contributed by atoms with van der Waals surface area (Å²) in [5, 5.41) is 2.37. The molecular formula is C18H22O2. The SMILES string of the molecule is COC(C)(C)CCC(=O)Cc1cccc2ccccc12. The van der Waals surface area contributed by atoms with Gasteiger partial charge in [0.2, 0.25) is 0 Å². The van der Waals surface area contributed by atoms with E-state index in [4.69, 9.17) is 4.74 Å². The lowest BCUT2D eigenvalue weighted by Crippen LogP contribution is -2.23. The molecule has 0 bridgehead atoms.